The van der Waals surface area contributed by atoms with Gasteiger partial charge in [-0.3, -0.25) is 14.6 Å². The van der Waals surface area contributed by atoms with Gasteiger partial charge in [-0.15, -0.1) is 3.89 Å². The normalized spacial score (nSPS) is 18.8. The Morgan fingerprint density at radius 3 is 2.86 bits per heavy atom. The van der Waals surface area contributed by atoms with Crippen LogP contribution in [0, 0.1) is 0 Å². The van der Waals surface area contributed by atoms with Gasteiger partial charge in [0.2, 0.25) is 5.91 Å². The van der Waals surface area contributed by atoms with Gasteiger partial charge in [-0.2, -0.15) is 8.42 Å². The van der Waals surface area contributed by atoms with Crippen LogP contribution in [0.5, 0.6) is 0 Å². The molecule has 1 atom stereocenters. The fourth-order valence-electron chi connectivity index (χ4n) is 2.04. The van der Waals surface area contributed by atoms with Gasteiger partial charge in [0.15, 0.2) is 0 Å². The Morgan fingerprint density at radius 1 is 1.52 bits per heavy atom. The first-order valence-corrected chi connectivity index (χ1v) is 7.72. The van der Waals surface area contributed by atoms with Crippen LogP contribution in [0.15, 0.2) is 24.5 Å². The molecule has 0 radical (unpaired) electrons. The number of carbonyl (C=O) groups is 2. The van der Waals surface area contributed by atoms with Crippen molar-refractivity contribution in [2.45, 2.75) is 11.7 Å². The Balaban J connectivity index is 1.82. The largest absolute Gasteiger partial charge is 0.350 e. The van der Waals surface area contributed by atoms with Crippen molar-refractivity contribution in [3.63, 3.8) is 0 Å². The zero-order valence-corrected chi connectivity index (χ0v) is 11.8. The Hall–Kier alpha value is -2.03. The molecule has 0 aliphatic carbocycles. The van der Waals surface area contributed by atoms with Gasteiger partial charge in [0.1, 0.15) is 5.25 Å². The van der Waals surface area contributed by atoms with Crippen LogP contribution < -0.4 is 5.32 Å². The Morgan fingerprint density at radius 2 is 2.29 bits per heavy atom. The van der Waals surface area contributed by atoms with E-state index in [1.165, 1.54) is 17.3 Å². The number of hydrogen-bond donors (Lipinski definition) is 1. The van der Waals surface area contributed by atoms with Crippen LogP contribution in [0.4, 0.5) is 3.89 Å². The van der Waals surface area contributed by atoms with Crippen molar-refractivity contribution in [2.24, 2.45) is 0 Å². The lowest BCUT2D eigenvalue weighted by Crippen LogP contribution is -2.36. The van der Waals surface area contributed by atoms with Gasteiger partial charge >= 0.3 is 10.2 Å². The Kier molecular flexibility index (Phi) is 4.51. The second-order valence-corrected chi connectivity index (χ2v) is 6.26. The maximum Gasteiger partial charge on any atom is 0.307 e. The minimum Gasteiger partial charge on any atom is -0.350 e. The minimum absolute atomic E-state index is 0.136. The molecule has 21 heavy (non-hydrogen) atoms. The number of amides is 2. The van der Waals surface area contributed by atoms with E-state index < -0.39 is 21.4 Å². The molecule has 1 unspecified atom stereocenters. The number of nitrogens with zero attached hydrogens (tertiary/aromatic N) is 2. The topological polar surface area (TPSA) is 96.4 Å². The molecule has 1 fully saturated rings. The molecule has 1 saturated heterocycles. The zero-order valence-electron chi connectivity index (χ0n) is 11.0. The third kappa shape index (κ3) is 3.97. The molecule has 114 valence electrons. The van der Waals surface area contributed by atoms with Crippen LogP contribution in [0.3, 0.4) is 0 Å². The highest BCUT2D eigenvalue weighted by Crippen LogP contribution is 2.19. The molecule has 1 aromatic rings. The average molecular weight is 315 g/mol. The van der Waals surface area contributed by atoms with Gasteiger partial charge in [-0.25, -0.2) is 0 Å². The summed E-state index contributed by atoms with van der Waals surface area (Å²) in [5.41, 5.74) is 0.384. The van der Waals surface area contributed by atoms with E-state index in [0.29, 0.717) is 5.56 Å². The highest BCUT2D eigenvalue weighted by Gasteiger charge is 2.38. The summed E-state index contributed by atoms with van der Waals surface area (Å²) in [6.07, 6.45) is 2.59. The molecule has 1 aliphatic rings. The van der Waals surface area contributed by atoms with Crippen LogP contribution in [0.25, 0.3) is 0 Å². The van der Waals surface area contributed by atoms with Crippen molar-refractivity contribution >= 4 is 22.0 Å². The number of carbonyl (C=O) groups excluding carboxylic acids is 2. The molecular formula is C12H14FN3O4S. The fourth-order valence-corrected chi connectivity index (χ4v) is 2.74. The lowest BCUT2D eigenvalue weighted by molar-refractivity contribution is -0.127. The molecule has 7 nitrogen and oxygen atoms in total. The predicted octanol–water partition coefficient (Wildman–Crippen LogP) is -0.288. The predicted molar refractivity (Wildman–Crippen MR) is 71.6 cm³/mol. The number of hydrogen-bond acceptors (Lipinski definition) is 5. The standard InChI is InChI=1S/C12H14FN3O4S/c13-21(19,20)10-6-11(17)16(8-10)5-4-15-12(18)9-2-1-3-14-7-9/h1-3,7,10H,4-6,8H2,(H,15,18). The molecule has 9 heteroatoms. The SMILES string of the molecule is O=C(NCCN1CC(S(=O)(=O)F)CC1=O)c1cccnc1. The van der Waals surface area contributed by atoms with Gasteiger partial charge in [0, 0.05) is 38.4 Å². The van der Waals surface area contributed by atoms with Gasteiger partial charge in [0.25, 0.3) is 5.91 Å². The molecule has 0 spiro atoms. The van der Waals surface area contributed by atoms with E-state index in [2.05, 4.69) is 10.3 Å². The molecule has 1 aromatic heterocycles. The Labute approximate surface area is 121 Å². The lowest BCUT2D eigenvalue weighted by Gasteiger charge is -2.16. The second kappa shape index (κ2) is 6.17. The molecule has 2 heterocycles. The van der Waals surface area contributed by atoms with Crippen LogP contribution in [-0.2, 0) is 15.0 Å². The van der Waals surface area contributed by atoms with Crippen LogP contribution >= 0.6 is 0 Å². The zero-order chi connectivity index (χ0) is 15.5. The molecule has 0 saturated carbocycles. The van der Waals surface area contributed by atoms with Crippen molar-refractivity contribution in [3.8, 4) is 0 Å². The summed E-state index contributed by atoms with van der Waals surface area (Å²) < 4.78 is 34.4. The van der Waals surface area contributed by atoms with Gasteiger partial charge in [0.05, 0.1) is 5.56 Å². The first-order valence-electron chi connectivity index (χ1n) is 6.27. The monoisotopic (exact) mass is 315 g/mol. The summed E-state index contributed by atoms with van der Waals surface area (Å²) in [4.78, 5) is 28.3. The molecule has 1 aliphatic heterocycles. The third-order valence-electron chi connectivity index (χ3n) is 3.17. The smallest absolute Gasteiger partial charge is 0.307 e. The average Bonchev–Trinajstić information content (AvgIpc) is 2.81. The quantitative estimate of drug-likeness (QED) is 0.753. The lowest BCUT2D eigenvalue weighted by atomic mass is 10.3. The van der Waals surface area contributed by atoms with E-state index in [1.54, 1.807) is 12.1 Å². The van der Waals surface area contributed by atoms with Gasteiger partial charge in [-0.05, 0) is 12.1 Å². The van der Waals surface area contributed by atoms with E-state index in [9.17, 15) is 21.9 Å². The molecule has 1 N–H and O–H groups in total. The van der Waals surface area contributed by atoms with Crippen molar-refractivity contribution in [2.75, 3.05) is 19.6 Å². The van der Waals surface area contributed by atoms with E-state index >= 15 is 0 Å². The maximum absolute atomic E-state index is 12.8. The van der Waals surface area contributed by atoms with Gasteiger partial charge < -0.3 is 10.2 Å². The fraction of sp³-hybridized carbons (Fsp3) is 0.417. The molecule has 0 aromatic carbocycles. The van der Waals surface area contributed by atoms with E-state index in [0.717, 1.165) is 0 Å². The number of nitrogens with one attached hydrogen (secondary N) is 1. The summed E-state index contributed by atoms with van der Waals surface area (Å²) >= 11 is 0. The van der Waals surface area contributed by atoms with Crippen molar-refractivity contribution in [1.29, 1.82) is 0 Å². The van der Waals surface area contributed by atoms with E-state index in [-0.39, 0.29) is 32.0 Å². The first-order chi connectivity index (χ1) is 9.88. The Bertz CT molecular complexity index is 635. The summed E-state index contributed by atoms with van der Waals surface area (Å²) in [7, 11) is -4.71. The van der Waals surface area contributed by atoms with E-state index in [4.69, 9.17) is 0 Å². The number of halogens is 1. The number of aromatic nitrogens is 1. The molecule has 0 bridgehead atoms. The van der Waals surface area contributed by atoms with Crippen molar-refractivity contribution < 1.29 is 21.9 Å². The minimum atomic E-state index is -4.71. The van der Waals surface area contributed by atoms with Crippen LogP contribution in [-0.4, -0.2) is 55.0 Å². The summed E-state index contributed by atoms with van der Waals surface area (Å²) in [6.45, 7) is 0.107. The first kappa shape index (κ1) is 15.4. The molecule has 2 rings (SSSR count). The molecule has 2 amide bonds. The van der Waals surface area contributed by atoms with Crippen LogP contribution in [0.1, 0.15) is 16.8 Å². The van der Waals surface area contributed by atoms with Crippen molar-refractivity contribution in [1.82, 2.24) is 15.2 Å². The maximum atomic E-state index is 12.8. The summed E-state index contributed by atoms with van der Waals surface area (Å²) in [6, 6.07) is 3.21. The summed E-state index contributed by atoms with van der Waals surface area (Å²) in [5, 5.41) is 1.28. The number of rotatable bonds is 5. The highest BCUT2D eigenvalue weighted by molar-refractivity contribution is 7.87. The van der Waals surface area contributed by atoms with Crippen LogP contribution in [0.2, 0.25) is 0 Å². The third-order valence-corrected chi connectivity index (χ3v) is 4.28. The van der Waals surface area contributed by atoms with E-state index in [1.807, 2.05) is 0 Å². The summed E-state index contributed by atoms with van der Waals surface area (Å²) in [5.74, 6) is -0.777. The number of likely N-dealkylation sites (tertiary alicyclic amines) is 1. The number of pyridine rings is 1. The van der Waals surface area contributed by atoms with Crippen molar-refractivity contribution in [3.05, 3.63) is 30.1 Å². The second-order valence-electron chi connectivity index (χ2n) is 4.64. The van der Waals surface area contributed by atoms with Gasteiger partial charge in [-0.1, -0.05) is 0 Å². The highest BCUT2D eigenvalue weighted by atomic mass is 32.3. The molecular weight excluding hydrogens is 301 g/mol.